The summed E-state index contributed by atoms with van der Waals surface area (Å²) in [7, 11) is 4.24. The summed E-state index contributed by atoms with van der Waals surface area (Å²) in [6.07, 6.45) is 0. The van der Waals surface area contributed by atoms with Crippen LogP contribution in [0.15, 0.2) is 4.99 Å². The molecule has 1 rings (SSSR count). The molecule has 0 bridgehead atoms. The van der Waals surface area contributed by atoms with Gasteiger partial charge in [-0.3, -0.25) is 4.99 Å². The zero-order valence-corrected chi connectivity index (χ0v) is 12.9. The quantitative estimate of drug-likeness (QED) is 0.837. The van der Waals surface area contributed by atoms with E-state index in [0.29, 0.717) is 5.41 Å². The van der Waals surface area contributed by atoms with Gasteiger partial charge in [-0.05, 0) is 24.9 Å². The Morgan fingerprint density at radius 1 is 1.41 bits per heavy atom. The molecular formula is C13H27N3S. The predicted molar refractivity (Wildman–Crippen MR) is 78.9 cm³/mol. The lowest BCUT2D eigenvalue weighted by Crippen LogP contribution is -2.40. The lowest BCUT2D eigenvalue weighted by atomic mass is 9.93. The number of hydrogen-bond acceptors (Lipinski definition) is 4. The van der Waals surface area contributed by atoms with E-state index >= 15 is 0 Å². The summed E-state index contributed by atoms with van der Waals surface area (Å²) in [6.45, 7) is 12.1. The minimum absolute atomic E-state index is 0.277. The highest BCUT2D eigenvalue weighted by molar-refractivity contribution is 8.13. The summed E-state index contributed by atoms with van der Waals surface area (Å²) in [5.41, 5.74) is 0.633. The third kappa shape index (κ3) is 5.77. The monoisotopic (exact) mass is 257 g/mol. The van der Waals surface area contributed by atoms with Crippen molar-refractivity contribution in [3.63, 3.8) is 0 Å². The Morgan fingerprint density at radius 3 is 2.53 bits per heavy atom. The van der Waals surface area contributed by atoms with Crippen LogP contribution in [0.2, 0.25) is 0 Å². The van der Waals surface area contributed by atoms with Crippen LogP contribution in [0.5, 0.6) is 0 Å². The molecule has 0 atom stereocenters. The average Bonchev–Trinajstić information content (AvgIpc) is 2.14. The van der Waals surface area contributed by atoms with Crippen LogP contribution in [0.1, 0.15) is 27.7 Å². The highest BCUT2D eigenvalue weighted by Crippen LogP contribution is 2.27. The number of nitrogens with zero attached hydrogens (tertiary/aromatic N) is 2. The highest BCUT2D eigenvalue weighted by Gasteiger charge is 2.25. The van der Waals surface area contributed by atoms with Crippen molar-refractivity contribution in [2.75, 3.05) is 39.5 Å². The third-order valence-corrected chi connectivity index (χ3v) is 4.19. The lowest BCUT2D eigenvalue weighted by molar-refractivity contribution is 0.241. The molecule has 3 nitrogen and oxygen atoms in total. The Hall–Kier alpha value is -0.220. The molecule has 100 valence electrons. The molecule has 1 aliphatic heterocycles. The predicted octanol–water partition coefficient (Wildman–Crippen LogP) is 2.29. The van der Waals surface area contributed by atoms with Gasteiger partial charge in [-0.25, -0.2) is 0 Å². The number of hydrogen-bond donors (Lipinski definition) is 1. The molecule has 0 saturated heterocycles. The zero-order valence-electron chi connectivity index (χ0n) is 12.1. The summed E-state index contributed by atoms with van der Waals surface area (Å²) < 4.78 is 0. The maximum Gasteiger partial charge on any atom is 0.156 e. The smallest absolute Gasteiger partial charge is 0.156 e. The van der Waals surface area contributed by atoms with Crippen LogP contribution < -0.4 is 5.32 Å². The van der Waals surface area contributed by atoms with Crippen LogP contribution in [0.4, 0.5) is 0 Å². The molecule has 0 aromatic carbocycles. The zero-order chi connectivity index (χ0) is 13.1. The van der Waals surface area contributed by atoms with Gasteiger partial charge in [0.25, 0.3) is 0 Å². The molecule has 0 aromatic heterocycles. The first-order valence-corrected chi connectivity index (χ1v) is 7.25. The maximum atomic E-state index is 4.62. The first-order valence-electron chi connectivity index (χ1n) is 6.26. The van der Waals surface area contributed by atoms with Gasteiger partial charge in [0.15, 0.2) is 5.17 Å². The number of aliphatic imine (C=N–C) groups is 1. The van der Waals surface area contributed by atoms with E-state index in [1.807, 2.05) is 11.8 Å². The Labute approximate surface area is 110 Å². The van der Waals surface area contributed by atoms with Gasteiger partial charge in [0.1, 0.15) is 0 Å². The summed E-state index contributed by atoms with van der Waals surface area (Å²) >= 11 is 1.86. The molecule has 0 amide bonds. The molecule has 0 unspecified atom stereocenters. The molecule has 0 fully saturated rings. The van der Waals surface area contributed by atoms with Gasteiger partial charge in [-0.1, -0.05) is 39.5 Å². The van der Waals surface area contributed by atoms with E-state index in [0.717, 1.165) is 30.6 Å². The summed E-state index contributed by atoms with van der Waals surface area (Å²) in [5.74, 6) is 1.16. The van der Waals surface area contributed by atoms with Crippen molar-refractivity contribution in [1.82, 2.24) is 10.2 Å². The molecule has 0 radical (unpaired) electrons. The van der Waals surface area contributed by atoms with Gasteiger partial charge in [-0.2, -0.15) is 0 Å². The Bertz CT molecular complexity index is 282. The molecule has 0 spiro atoms. The minimum atomic E-state index is 0.277. The molecule has 1 heterocycles. The van der Waals surface area contributed by atoms with Crippen molar-refractivity contribution in [3.8, 4) is 0 Å². The number of thioether (sulfide) groups is 1. The van der Waals surface area contributed by atoms with Crippen molar-refractivity contribution < 1.29 is 0 Å². The SMILES string of the molecule is CN(C)CC(C)(C)CNC1=NCC(C)(C)CS1. The van der Waals surface area contributed by atoms with Crippen LogP contribution >= 0.6 is 11.8 Å². The van der Waals surface area contributed by atoms with Crippen LogP contribution in [0.25, 0.3) is 0 Å². The largest absolute Gasteiger partial charge is 0.364 e. The van der Waals surface area contributed by atoms with E-state index in [4.69, 9.17) is 0 Å². The molecule has 0 aliphatic carbocycles. The summed E-state index contributed by atoms with van der Waals surface area (Å²) in [6, 6.07) is 0. The summed E-state index contributed by atoms with van der Waals surface area (Å²) in [5, 5.41) is 4.61. The van der Waals surface area contributed by atoms with Crippen LogP contribution in [0.3, 0.4) is 0 Å². The number of rotatable bonds is 4. The highest BCUT2D eigenvalue weighted by atomic mass is 32.2. The molecular weight excluding hydrogens is 230 g/mol. The van der Waals surface area contributed by atoms with Crippen molar-refractivity contribution >= 4 is 16.9 Å². The second kappa shape index (κ2) is 5.61. The number of amidine groups is 1. The van der Waals surface area contributed by atoms with Crippen LogP contribution in [-0.2, 0) is 0 Å². The van der Waals surface area contributed by atoms with Gasteiger partial charge in [0.2, 0.25) is 0 Å². The van der Waals surface area contributed by atoms with Crippen molar-refractivity contribution in [1.29, 1.82) is 0 Å². The Kier molecular flexibility index (Phi) is 4.90. The second-order valence-corrected chi connectivity index (χ2v) is 7.79. The van der Waals surface area contributed by atoms with E-state index < -0.39 is 0 Å². The van der Waals surface area contributed by atoms with E-state index in [9.17, 15) is 0 Å². The van der Waals surface area contributed by atoms with Crippen molar-refractivity contribution in [3.05, 3.63) is 0 Å². The standard InChI is InChI=1S/C13H27N3S/c1-12(2,9-16(5)6)7-14-11-15-8-13(3,4)10-17-11/h7-10H2,1-6H3,(H,14,15). The van der Waals surface area contributed by atoms with E-state index in [1.54, 1.807) is 0 Å². The Morgan fingerprint density at radius 2 is 2.06 bits per heavy atom. The fraction of sp³-hybridized carbons (Fsp3) is 0.923. The van der Waals surface area contributed by atoms with Crippen LogP contribution in [-0.4, -0.2) is 49.6 Å². The Balaban J connectivity index is 2.39. The minimum Gasteiger partial charge on any atom is -0.364 e. The normalized spacial score (nSPS) is 20.3. The van der Waals surface area contributed by atoms with E-state index in [1.165, 1.54) is 0 Å². The first kappa shape index (κ1) is 14.8. The summed E-state index contributed by atoms with van der Waals surface area (Å²) in [4.78, 5) is 6.86. The van der Waals surface area contributed by atoms with Gasteiger partial charge in [0, 0.05) is 25.4 Å². The van der Waals surface area contributed by atoms with Crippen molar-refractivity contribution in [2.24, 2.45) is 15.8 Å². The van der Waals surface area contributed by atoms with Gasteiger partial charge >= 0.3 is 0 Å². The molecule has 0 saturated carbocycles. The molecule has 1 aliphatic rings. The molecule has 0 aromatic rings. The topological polar surface area (TPSA) is 27.6 Å². The maximum absolute atomic E-state index is 4.62. The molecule has 1 N–H and O–H groups in total. The fourth-order valence-electron chi connectivity index (χ4n) is 1.97. The molecule has 4 heteroatoms. The first-order chi connectivity index (χ1) is 7.70. The van der Waals surface area contributed by atoms with Gasteiger partial charge in [0.05, 0.1) is 0 Å². The lowest BCUT2D eigenvalue weighted by Gasteiger charge is -2.31. The van der Waals surface area contributed by atoms with Gasteiger partial charge < -0.3 is 10.2 Å². The molecule has 17 heavy (non-hydrogen) atoms. The van der Waals surface area contributed by atoms with Gasteiger partial charge in [-0.15, -0.1) is 0 Å². The van der Waals surface area contributed by atoms with Crippen molar-refractivity contribution in [2.45, 2.75) is 27.7 Å². The number of nitrogens with one attached hydrogen (secondary N) is 1. The average molecular weight is 257 g/mol. The third-order valence-electron chi connectivity index (χ3n) is 2.71. The fourth-order valence-corrected chi connectivity index (χ4v) is 2.92. The van der Waals surface area contributed by atoms with E-state index in [-0.39, 0.29) is 5.41 Å². The van der Waals surface area contributed by atoms with E-state index in [2.05, 4.69) is 57.0 Å². The second-order valence-electron chi connectivity index (χ2n) is 6.83. The van der Waals surface area contributed by atoms with Crippen LogP contribution in [0, 0.1) is 10.8 Å².